The zero-order valence-electron chi connectivity index (χ0n) is 21.6. The molecule has 0 amide bonds. The van der Waals surface area contributed by atoms with Crippen molar-refractivity contribution >= 4 is 22.6 Å². The second kappa shape index (κ2) is 13.2. The van der Waals surface area contributed by atoms with Crippen LogP contribution in [0.2, 0.25) is 0 Å². The van der Waals surface area contributed by atoms with E-state index in [1.54, 1.807) is 26.4 Å². The largest absolute Gasteiger partial charge is 0.495 e. The second-order valence-electron chi connectivity index (χ2n) is 7.89. The van der Waals surface area contributed by atoms with Gasteiger partial charge in [-0.05, 0) is 49.2 Å². The van der Waals surface area contributed by atoms with Crippen molar-refractivity contribution in [3.8, 4) is 11.5 Å². The summed E-state index contributed by atoms with van der Waals surface area (Å²) < 4.78 is 22.4. The Hall–Kier alpha value is -4.00. The fraction of sp³-hybridized carbons (Fsp3) is 0.310. The van der Waals surface area contributed by atoms with E-state index in [0.717, 1.165) is 39.1 Å². The molecule has 0 aliphatic heterocycles. The number of methoxy groups -OCH3 is 1. The zero-order chi connectivity index (χ0) is 25.9. The van der Waals surface area contributed by atoms with E-state index in [9.17, 15) is 4.79 Å². The Morgan fingerprint density at radius 2 is 1.89 bits per heavy atom. The van der Waals surface area contributed by atoms with E-state index in [1.807, 2.05) is 57.2 Å². The van der Waals surface area contributed by atoms with E-state index < -0.39 is 0 Å². The SMILES string of the molecule is CC.CCOC(=O)Cc1ccccc1OCc1cc(C)c2oc(CNc3cncc(OC)c3)cc2c1. The van der Waals surface area contributed by atoms with Gasteiger partial charge in [0.15, 0.2) is 0 Å². The predicted molar refractivity (Wildman–Crippen MR) is 142 cm³/mol. The molecule has 4 aromatic rings. The van der Waals surface area contributed by atoms with Crippen LogP contribution < -0.4 is 14.8 Å². The number of rotatable bonds is 10. The maximum atomic E-state index is 11.9. The molecule has 7 nitrogen and oxygen atoms in total. The fourth-order valence-corrected chi connectivity index (χ4v) is 3.76. The summed E-state index contributed by atoms with van der Waals surface area (Å²) in [4.78, 5) is 16.1. The number of anilines is 1. The summed E-state index contributed by atoms with van der Waals surface area (Å²) in [6, 6.07) is 15.6. The van der Waals surface area contributed by atoms with Crippen LogP contribution in [0.4, 0.5) is 5.69 Å². The molecule has 0 aliphatic carbocycles. The van der Waals surface area contributed by atoms with Gasteiger partial charge in [0.25, 0.3) is 0 Å². The van der Waals surface area contributed by atoms with E-state index in [-0.39, 0.29) is 12.4 Å². The lowest BCUT2D eigenvalue weighted by Crippen LogP contribution is -2.09. The van der Waals surface area contributed by atoms with Crippen LogP contribution in [-0.4, -0.2) is 24.7 Å². The molecule has 0 spiro atoms. The van der Waals surface area contributed by atoms with E-state index in [1.165, 1.54) is 0 Å². The monoisotopic (exact) mass is 490 g/mol. The summed E-state index contributed by atoms with van der Waals surface area (Å²) in [5.74, 6) is 1.93. The molecule has 0 fully saturated rings. The molecule has 2 aromatic carbocycles. The van der Waals surface area contributed by atoms with Crippen LogP contribution in [0, 0.1) is 6.92 Å². The number of esters is 1. The lowest BCUT2D eigenvalue weighted by Gasteiger charge is -2.12. The molecule has 2 heterocycles. The van der Waals surface area contributed by atoms with Crippen molar-refractivity contribution in [2.75, 3.05) is 19.0 Å². The topological polar surface area (TPSA) is 82.8 Å². The van der Waals surface area contributed by atoms with Crippen molar-refractivity contribution in [1.29, 1.82) is 0 Å². The van der Waals surface area contributed by atoms with Gasteiger partial charge in [-0.3, -0.25) is 9.78 Å². The van der Waals surface area contributed by atoms with Crippen LogP contribution >= 0.6 is 0 Å². The predicted octanol–water partition coefficient (Wildman–Crippen LogP) is 6.47. The Bertz CT molecular complexity index is 1280. The van der Waals surface area contributed by atoms with Crippen LogP contribution in [0.15, 0.2) is 65.3 Å². The Balaban J connectivity index is 0.00000176. The minimum Gasteiger partial charge on any atom is -0.495 e. The quantitative estimate of drug-likeness (QED) is 0.255. The molecule has 0 saturated heterocycles. The first-order valence-corrected chi connectivity index (χ1v) is 12.2. The third-order valence-electron chi connectivity index (χ3n) is 5.34. The van der Waals surface area contributed by atoms with Gasteiger partial charge in [-0.25, -0.2) is 0 Å². The highest BCUT2D eigenvalue weighted by Gasteiger charge is 2.12. The number of nitrogens with one attached hydrogen (secondary N) is 1. The number of hydrogen-bond acceptors (Lipinski definition) is 7. The highest BCUT2D eigenvalue weighted by Crippen LogP contribution is 2.27. The van der Waals surface area contributed by atoms with Crippen molar-refractivity contribution in [2.45, 2.75) is 47.3 Å². The maximum absolute atomic E-state index is 11.9. The number of furan rings is 1. The van der Waals surface area contributed by atoms with Crippen molar-refractivity contribution in [3.63, 3.8) is 0 Å². The minimum absolute atomic E-state index is 0.184. The number of aryl methyl sites for hydroxylation is 1. The molecule has 36 heavy (non-hydrogen) atoms. The van der Waals surface area contributed by atoms with Crippen molar-refractivity contribution in [3.05, 3.63) is 83.4 Å². The van der Waals surface area contributed by atoms with E-state index >= 15 is 0 Å². The van der Waals surface area contributed by atoms with Crippen LogP contribution in [0.3, 0.4) is 0 Å². The molecule has 7 heteroatoms. The molecule has 0 bridgehead atoms. The van der Waals surface area contributed by atoms with Gasteiger partial charge in [-0.15, -0.1) is 0 Å². The van der Waals surface area contributed by atoms with E-state index in [2.05, 4.69) is 22.4 Å². The van der Waals surface area contributed by atoms with Gasteiger partial charge < -0.3 is 23.9 Å². The number of ether oxygens (including phenoxy) is 3. The van der Waals surface area contributed by atoms with Crippen LogP contribution in [0.25, 0.3) is 11.0 Å². The summed E-state index contributed by atoms with van der Waals surface area (Å²) >= 11 is 0. The number of hydrogen-bond donors (Lipinski definition) is 1. The summed E-state index contributed by atoms with van der Waals surface area (Å²) in [5, 5.41) is 4.32. The van der Waals surface area contributed by atoms with Crippen molar-refractivity contribution in [2.24, 2.45) is 0 Å². The minimum atomic E-state index is -0.264. The van der Waals surface area contributed by atoms with Gasteiger partial charge in [0, 0.05) is 17.0 Å². The van der Waals surface area contributed by atoms with Gasteiger partial charge in [0.2, 0.25) is 0 Å². The van der Waals surface area contributed by atoms with Crippen molar-refractivity contribution < 1.29 is 23.4 Å². The molecule has 0 unspecified atom stereocenters. The molecule has 0 radical (unpaired) electrons. The zero-order valence-corrected chi connectivity index (χ0v) is 21.6. The standard InChI is InChI=1S/C27H28N2O5.C2H6/c1-4-32-26(30)12-20-7-5-6-8-25(20)33-17-19-9-18(2)27-21(10-19)11-24(34-27)16-29-22-13-23(31-3)15-28-14-22;1-2/h5-11,13-15,29H,4,12,16-17H2,1-3H3;1-2H3. The lowest BCUT2D eigenvalue weighted by atomic mass is 10.1. The third kappa shape index (κ3) is 7.01. The summed E-state index contributed by atoms with van der Waals surface area (Å²) in [7, 11) is 1.61. The Kier molecular flexibility index (Phi) is 9.74. The van der Waals surface area contributed by atoms with Gasteiger partial charge >= 0.3 is 5.97 Å². The highest BCUT2D eigenvalue weighted by atomic mass is 16.5. The average molecular weight is 491 g/mol. The first-order valence-electron chi connectivity index (χ1n) is 12.2. The second-order valence-corrected chi connectivity index (χ2v) is 7.89. The molecular formula is C29H34N2O5. The molecule has 0 aliphatic rings. The number of fused-ring (bicyclic) bond motifs is 1. The Labute approximate surface area is 212 Å². The fourth-order valence-electron chi connectivity index (χ4n) is 3.76. The van der Waals surface area contributed by atoms with Crippen LogP contribution in [-0.2, 0) is 29.1 Å². The first-order chi connectivity index (χ1) is 17.6. The smallest absolute Gasteiger partial charge is 0.310 e. The number of nitrogens with zero attached hydrogens (tertiary/aromatic N) is 1. The van der Waals surface area contributed by atoms with Gasteiger partial charge in [0.1, 0.15) is 29.4 Å². The van der Waals surface area contributed by atoms with Crippen LogP contribution in [0.1, 0.15) is 43.2 Å². The summed E-state index contributed by atoms with van der Waals surface area (Å²) in [6.07, 6.45) is 3.59. The number of carbonyl (C=O) groups is 1. The normalized spacial score (nSPS) is 10.4. The van der Waals surface area contributed by atoms with Gasteiger partial charge in [0.05, 0.1) is 44.8 Å². The number of carbonyl (C=O) groups excluding carboxylic acids is 1. The molecule has 0 atom stereocenters. The average Bonchev–Trinajstić information content (AvgIpc) is 3.32. The van der Waals surface area contributed by atoms with Crippen LogP contribution in [0.5, 0.6) is 11.5 Å². The molecule has 1 N–H and O–H groups in total. The third-order valence-corrected chi connectivity index (χ3v) is 5.34. The molecule has 0 saturated carbocycles. The molecule has 4 rings (SSSR count). The number of pyridine rings is 1. The molecular weight excluding hydrogens is 456 g/mol. The Morgan fingerprint density at radius 3 is 2.67 bits per heavy atom. The molecule has 2 aromatic heterocycles. The summed E-state index contributed by atoms with van der Waals surface area (Å²) in [5.41, 5.74) is 4.57. The first kappa shape index (κ1) is 26.6. The molecule has 190 valence electrons. The van der Waals surface area contributed by atoms with Gasteiger partial charge in [-0.1, -0.05) is 32.0 Å². The highest BCUT2D eigenvalue weighted by molar-refractivity contribution is 5.82. The number of para-hydroxylation sites is 1. The van der Waals surface area contributed by atoms with Gasteiger partial charge in [-0.2, -0.15) is 0 Å². The Morgan fingerprint density at radius 1 is 1.08 bits per heavy atom. The summed E-state index contributed by atoms with van der Waals surface area (Å²) in [6.45, 7) is 9.08. The number of aromatic nitrogens is 1. The van der Waals surface area contributed by atoms with E-state index in [0.29, 0.717) is 31.3 Å². The van der Waals surface area contributed by atoms with Crippen molar-refractivity contribution in [1.82, 2.24) is 4.98 Å². The maximum Gasteiger partial charge on any atom is 0.310 e. The number of benzene rings is 2. The van der Waals surface area contributed by atoms with E-state index in [4.69, 9.17) is 18.6 Å². The lowest BCUT2D eigenvalue weighted by molar-refractivity contribution is -0.142.